The molecular weight excluding hydrogens is 322 g/mol. The smallest absolute Gasteiger partial charge is 0.338 e. The minimum atomic E-state index is -0.665. The lowest BCUT2D eigenvalue weighted by Gasteiger charge is -2.27. The molecule has 0 aliphatic carbocycles. The van der Waals surface area contributed by atoms with Gasteiger partial charge in [0.05, 0.1) is 12.7 Å². The molecule has 0 radical (unpaired) electrons. The van der Waals surface area contributed by atoms with Crippen LogP contribution in [-0.2, 0) is 4.79 Å². The first-order valence-corrected chi connectivity index (χ1v) is 7.61. The Balaban J connectivity index is 1.88. The van der Waals surface area contributed by atoms with E-state index in [0.29, 0.717) is 22.6 Å². The SMILES string of the molecule is C=C(C)C(=O)Oc1ccc([C@@H]2NC(=O)c3ccccc3O2)cc1OC. The monoisotopic (exact) mass is 339 g/mol. The number of esters is 1. The van der Waals surface area contributed by atoms with E-state index in [4.69, 9.17) is 14.2 Å². The predicted molar refractivity (Wildman–Crippen MR) is 90.7 cm³/mol. The first-order valence-electron chi connectivity index (χ1n) is 7.61. The summed E-state index contributed by atoms with van der Waals surface area (Å²) in [6.07, 6.45) is -0.665. The molecule has 3 rings (SSSR count). The maximum atomic E-state index is 12.2. The fourth-order valence-corrected chi connectivity index (χ4v) is 2.38. The predicted octanol–water partition coefficient (Wildman–Crippen LogP) is 3.00. The Hall–Kier alpha value is -3.28. The summed E-state index contributed by atoms with van der Waals surface area (Å²) in [7, 11) is 1.47. The van der Waals surface area contributed by atoms with Gasteiger partial charge in [0, 0.05) is 11.1 Å². The van der Waals surface area contributed by atoms with Crippen LogP contribution in [0.3, 0.4) is 0 Å². The van der Waals surface area contributed by atoms with Gasteiger partial charge in [-0.2, -0.15) is 0 Å². The standard InChI is InChI=1S/C19H17NO5/c1-11(2)19(22)25-15-9-8-12(10-16(15)23-3)18-20-17(21)13-6-4-5-7-14(13)24-18/h4-10,18H,1H2,2-3H3,(H,20,21)/t18-/m1/s1. The van der Waals surface area contributed by atoms with E-state index in [1.165, 1.54) is 7.11 Å². The molecule has 1 heterocycles. The Morgan fingerprint density at radius 3 is 2.68 bits per heavy atom. The van der Waals surface area contributed by atoms with Crippen molar-refractivity contribution in [2.24, 2.45) is 0 Å². The molecule has 1 aliphatic heterocycles. The summed E-state index contributed by atoms with van der Waals surface area (Å²) in [5.74, 6) is 0.365. The van der Waals surface area contributed by atoms with Gasteiger partial charge in [-0.05, 0) is 37.3 Å². The number of fused-ring (bicyclic) bond motifs is 1. The Morgan fingerprint density at radius 2 is 1.96 bits per heavy atom. The van der Waals surface area contributed by atoms with Crippen LogP contribution in [0.5, 0.6) is 17.2 Å². The number of benzene rings is 2. The first kappa shape index (κ1) is 16.6. The molecule has 25 heavy (non-hydrogen) atoms. The van der Waals surface area contributed by atoms with Gasteiger partial charge in [-0.1, -0.05) is 18.7 Å². The molecule has 0 spiro atoms. The highest BCUT2D eigenvalue weighted by molar-refractivity contribution is 5.98. The summed E-state index contributed by atoms with van der Waals surface area (Å²) in [6, 6.07) is 11.9. The fourth-order valence-electron chi connectivity index (χ4n) is 2.38. The second-order valence-corrected chi connectivity index (χ2v) is 5.55. The number of carbonyl (C=O) groups is 2. The molecular formula is C19H17NO5. The van der Waals surface area contributed by atoms with E-state index in [2.05, 4.69) is 11.9 Å². The van der Waals surface area contributed by atoms with Gasteiger partial charge < -0.3 is 19.5 Å². The zero-order valence-electron chi connectivity index (χ0n) is 13.9. The van der Waals surface area contributed by atoms with Gasteiger partial charge in [0.2, 0.25) is 0 Å². The molecule has 0 saturated carbocycles. The average Bonchev–Trinajstić information content (AvgIpc) is 2.61. The van der Waals surface area contributed by atoms with E-state index >= 15 is 0 Å². The van der Waals surface area contributed by atoms with Crippen molar-refractivity contribution < 1.29 is 23.8 Å². The normalized spacial score (nSPS) is 15.4. The fraction of sp³-hybridized carbons (Fsp3) is 0.158. The van der Waals surface area contributed by atoms with Crippen molar-refractivity contribution in [1.82, 2.24) is 5.32 Å². The number of rotatable bonds is 4. The molecule has 0 unspecified atom stereocenters. The molecule has 1 aliphatic rings. The highest BCUT2D eigenvalue weighted by Gasteiger charge is 2.27. The zero-order valence-corrected chi connectivity index (χ0v) is 13.9. The van der Waals surface area contributed by atoms with Crippen molar-refractivity contribution in [3.05, 3.63) is 65.7 Å². The van der Waals surface area contributed by atoms with E-state index < -0.39 is 12.2 Å². The summed E-state index contributed by atoms with van der Waals surface area (Å²) < 4.78 is 16.3. The highest BCUT2D eigenvalue weighted by Crippen LogP contribution is 2.34. The Bertz CT molecular complexity index is 859. The van der Waals surface area contributed by atoms with Crippen molar-refractivity contribution >= 4 is 11.9 Å². The largest absolute Gasteiger partial charge is 0.493 e. The molecule has 2 aromatic carbocycles. The third-order valence-corrected chi connectivity index (χ3v) is 3.68. The van der Waals surface area contributed by atoms with Gasteiger partial charge >= 0.3 is 5.97 Å². The molecule has 0 fully saturated rings. The van der Waals surface area contributed by atoms with Crippen molar-refractivity contribution in [3.8, 4) is 17.2 Å². The van der Waals surface area contributed by atoms with Crippen LogP contribution in [0.25, 0.3) is 0 Å². The molecule has 128 valence electrons. The van der Waals surface area contributed by atoms with Gasteiger partial charge in [-0.3, -0.25) is 4.79 Å². The van der Waals surface area contributed by atoms with E-state index in [1.807, 2.05) is 0 Å². The summed E-state index contributed by atoms with van der Waals surface area (Å²) >= 11 is 0. The van der Waals surface area contributed by atoms with Gasteiger partial charge in [-0.15, -0.1) is 0 Å². The summed E-state index contributed by atoms with van der Waals surface area (Å²) in [4.78, 5) is 23.9. The van der Waals surface area contributed by atoms with Crippen molar-refractivity contribution in [1.29, 1.82) is 0 Å². The third kappa shape index (κ3) is 3.33. The number of ether oxygens (including phenoxy) is 3. The van der Waals surface area contributed by atoms with Gasteiger partial charge in [-0.25, -0.2) is 4.79 Å². The molecule has 0 saturated heterocycles. The minimum Gasteiger partial charge on any atom is -0.493 e. The number of methoxy groups -OCH3 is 1. The third-order valence-electron chi connectivity index (χ3n) is 3.68. The molecule has 0 bridgehead atoms. The summed E-state index contributed by atoms with van der Waals surface area (Å²) in [5, 5.41) is 2.78. The van der Waals surface area contributed by atoms with Crippen LogP contribution in [0.4, 0.5) is 0 Å². The van der Waals surface area contributed by atoms with Crippen LogP contribution in [0.2, 0.25) is 0 Å². The number of carbonyl (C=O) groups excluding carboxylic acids is 2. The average molecular weight is 339 g/mol. The molecule has 6 nitrogen and oxygen atoms in total. The maximum Gasteiger partial charge on any atom is 0.338 e. The molecule has 1 atom stereocenters. The summed E-state index contributed by atoms with van der Waals surface area (Å²) in [6.45, 7) is 5.11. The Labute approximate surface area is 145 Å². The van der Waals surface area contributed by atoms with Crippen LogP contribution >= 0.6 is 0 Å². The van der Waals surface area contributed by atoms with Crippen LogP contribution in [0.15, 0.2) is 54.6 Å². The highest BCUT2D eigenvalue weighted by atomic mass is 16.6. The lowest BCUT2D eigenvalue weighted by molar-refractivity contribution is -0.130. The molecule has 2 aromatic rings. The van der Waals surface area contributed by atoms with Crippen molar-refractivity contribution in [3.63, 3.8) is 0 Å². The number of nitrogens with one attached hydrogen (secondary N) is 1. The quantitative estimate of drug-likeness (QED) is 0.527. The van der Waals surface area contributed by atoms with Crippen LogP contribution < -0.4 is 19.5 Å². The lowest BCUT2D eigenvalue weighted by atomic mass is 10.1. The number of para-hydroxylation sites is 1. The first-order chi connectivity index (χ1) is 12.0. The van der Waals surface area contributed by atoms with Crippen LogP contribution in [0, 0.1) is 0 Å². The van der Waals surface area contributed by atoms with Crippen LogP contribution in [-0.4, -0.2) is 19.0 Å². The zero-order chi connectivity index (χ0) is 18.0. The van der Waals surface area contributed by atoms with Gasteiger partial charge in [0.25, 0.3) is 5.91 Å². The Morgan fingerprint density at radius 1 is 1.20 bits per heavy atom. The number of hydrogen-bond donors (Lipinski definition) is 1. The van der Waals surface area contributed by atoms with Crippen molar-refractivity contribution in [2.75, 3.05) is 7.11 Å². The lowest BCUT2D eigenvalue weighted by Crippen LogP contribution is -2.36. The van der Waals surface area contributed by atoms with Gasteiger partial charge in [0.15, 0.2) is 17.7 Å². The van der Waals surface area contributed by atoms with E-state index in [9.17, 15) is 9.59 Å². The van der Waals surface area contributed by atoms with E-state index in [-0.39, 0.29) is 17.2 Å². The number of hydrogen-bond acceptors (Lipinski definition) is 5. The second-order valence-electron chi connectivity index (χ2n) is 5.55. The minimum absolute atomic E-state index is 0.219. The Kier molecular flexibility index (Phi) is 4.43. The molecule has 6 heteroatoms. The second kappa shape index (κ2) is 6.68. The van der Waals surface area contributed by atoms with E-state index in [1.54, 1.807) is 49.4 Å². The molecule has 1 N–H and O–H groups in total. The van der Waals surface area contributed by atoms with Crippen molar-refractivity contribution in [2.45, 2.75) is 13.2 Å². The summed E-state index contributed by atoms with van der Waals surface area (Å²) in [5.41, 5.74) is 1.43. The molecule has 1 amide bonds. The van der Waals surface area contributed by atoms with Gasteiger partial charge in [0.1, 0.15) is 5.75 Å². The maximum absolute atomic E-state index is 12.2. The van der Waals surface area contributed by atoms with Crippen LogP contribution in [0.1, 0.15) is 29.1 Å². The number of amides is 1. The molecule has 0 aromatic heterocycles. The van der Waals surface area contributed by atoms with E-state index in [0.717, 1.165) is 0 Å². The topological polar surface area (TPSA) is 73.9 Å².